The van der Waals surface area contributed by atoms with Crippen LogP contribution in [0.25, 0.3) is 22.0 Å². The Labute approximate surface area is 212 Å². The Balaban J connectivity index is 0.00000306. The predicted molar refractivity (Wildman–Crippen MR) is 129 cm³/mol. The number of nitrogens with two attached hydrogens (primary N) is 1. The normalized spacial score (nSPS) is 11.5. The van der Waals surface area contributed by atoms with Gasteiger partial charge in [0, 0.05) is 21.9 Å². The number of Topliss-reactive ketones (excluding diaryl/α,β-unsaturated/α-hetero) is 1. The number of azo groups is 1. The van der Waals surface area contributed by atoms with E-state index in [2.05, 4.69) is 15.2 Å². The summed E-state index contributed by atoms with van der Waals surface area (Å²) in [4.78, 5) is 15.6. The van der Waals surface area contributed by atoms with Crippen LogP contribution in [0.1, 0.15) is 17.3 Å². The Kier molecular flexibility index (Phi) is 7.41. The van der Waals surface area contributed by atoms with E-state index in [1.807, 2.05) is 6.07 Å². The second-order valence-electron chi connectivity index (χ2n) is 7.07. The van der Waals surface area contributed by atoms with E-state index < -0.39 is 10.1 Å². The number of ketones is 1. The molecule has 1 aromatic heterocycles. The monoisotopic (exact) mass is 470 g/mol. The molecular weight excluding hydrogens is 451 g/mol. The Morgan fingerprint density at radius 3 is 2.33 bits per heavy atom. The van der Waals surface area contributed by atoms with Crippen LogP contribution in [0, 0.1) is 0 Å². The average molecular weight is 470 g/mol. The van der Waals surface area contributed by atoms with Crippen LogP contribution in [0.15, 0.2) is 88.1 Å². The van der Waals surface area contributed by atoms with Crippen LogP contribution in [0.4, 0.5) is 17.1 Å². The summed E-state index contributed by atoms with van der Waals surface area (Å²) < 4.78 is 33.3. The Hall–Kier alpha value is -2.95. The third kappa shape index (κ3) is 5.35. The van der Waals surface area contributed by atoms with Crippen LogP contribution in [-0.4, -0.2) is 53.3 Å². The number of rotatable bonds is 5. The molecule has 0 unspecified atom stereocenters. The van der Waals surface area contributed by atoms with Gasteiger partial charge in [0.05, 0.1) is 17.6 Å². The van der Waals surface area contributed by atoms with Gasteiger partial charge in [-0.3, -0.25) is 14.3 Å². The summed E-state index contributed by atoms with van der Waals surface area (Å²) in [6.45, 7) is 1.50. The molecule has 0 atom stereocenters. The molecule has 33 heavy (non-hydrogen) atoms. The molecule has 0 aliphatic carbocycles. The van der Waals surface area contributed by atoms with E-state index >= 15 is 0 Å². The molecule has 0 aliphatic rings. The summed E-state index contributed by atoms with van der Waals surface area (Å²) in [6.07, 6.45) is 1.50. The van der Waals surface area contributed by atoms with Crippen LogP contribution >= 0.6 is 0 Å². The van der Waals surface area contributed by atoms with Crippen LogP contribution in [-0.2, 0) is 10.1 Å². The number of pyridine rings is 1. The van der Waals surface area contributed by atoms with Crippen molar-refractivity contribution in [2.45, 2.75) is 11.8 Å². The van der Waals surface area contributed by atoms with E-state index in [0.717, 1.165) is 5.56 Å². The van der Waals surface area contributed by atoms with Crippen molar-refractivity contribution in [1.82, 2.24) is 4.98 Å². The summed E-state index contributed by atoms with van der Waals surface area (Å²) in [5, 5.41) is 8.92. The molecule has 0 spiro atoms. The van der Waals surface area contributed by atoms with Crippen molar-refractivity contribution in [1.29, 1.82) is 0 Å². The second-order valence-corrected chi connectivity index (χ2v) is 8.46. The van der Waals surface area contributed by atoms with Crippen molar-refractivity contribution >= 4 is 73.3 Å². The van der Waals surface area contributed by atoms with Crippen molar-refractivity contribution in [2.75, 3.05) is 5.73 Å². The molecule has 10 heteroatoms. The van der Waals surface area contributed by atoms with Gasteiger partial charge in [-0.2, -0.15) is 8.42 Å². The summed E-state index contributed by atoms with van der Waals surface area (Å²) in [6, 6.07) is 18.3. The molecular formula is C23H19N4NaO4S. The number of hydrogen-bond acceptors (Lipinski definition) is 7. The minimum atomic E-state index is -4.49. The van der Waals surface area contributed by atoms with Crippen molar-refractivity contribution in [2.24, 2.45) is 10.2 Å². The fraction of sp³-hybridized carbons (Fsp3) is 0.0435. The topological polar surface area (TPSA) is 135 Å². The van der Waals surface area contributed by atoms with Gasteiger partial charge in [0.15, 0.2) is 5.78 Å². The standard InChI is InChI=1S/C23H18N4O4S.Na.H/c1-14(28)15-5-4-6-16(11-15)20-10-9-17(13-25-20)26-27-21-12-22(32(29,30)31)18-7-2-3-8-19(18)23(21)24;;/h2-13H,24H2,1H3,(H,29,30,31);;. The van der Waals surface area contributed by atoms with Gasteiger partial charge in [0.25, 0.3) is 10.1 Å². The summed E-state index contributed by atoms with van der Waals surface area (Å²) in [5.41, 5.74) is 8.96. The molecule has 0 radical (unpaired) electrons. The van der Waals surface area contributed by atoms with Gasteiger partial charge in [-0.25, -0.2) is 0 Å². The molecule has 0 saturated carbocycles. The van der Waals surface area contributed by atoms with Crippen molar-refractivity contribution in [3.8, 4) is 11.3 Å². The minimum absolute atomic E-state index is 0. The number of carbonyl (C=O) groups is 1. The molecule has 1 heterocycles. The first-order valence-corrected chi connectivity index (χ1v) is 11.0. The summed E-state index contributed by atoms with van der Waals surface area (Å²) in [5.74, 6) is -0.0329. The molecule has 0 bridgehead atoms. The Morgan fingerprint density at radius 2 is 1.70 bits per heavy atom. The number of fused-ring (bicyclic) bond motifs is 1. The molecule has 4 aromatic rings. The van der Waals surface area contributed by atoms with Gasteiger partial charge in [0.2, 0.25) is 0 Å². The first-order valence-electron chi connectivity index (χ1n) is 9.52. The van der Waals surface area contributed by atoms with Crippen molar-refractivity contribution < 1.29 is 17.8 Å². The van der Waals surface area contributed by atoms with E-state index in [1.165, 1.54) is 19.2 Å². The zero-order chi connectivity index (χ0) is 22.9. The van der Waals surface area contributed by atoms with Gasteiger partial charge in [-0.15, -0.1) is 10.2 Å². The molecule has 3 N–H and O–H groups in total. The molecule has 4 rings (SSSR count). The number of hydrogen-bond donors (Lipinski definition) is 2. The van der Waals surface area contributed by atoms with Gasteiger partial charge in [0.1, 0.15) is 16.3 Å². The summed E-state index contributed by atoms with van der Waals surface area (Å²) in [7, 11) is -4.49. The van der Waals surface area contributed by atoms with Crippen LogP contribution in [0.3, 0.4) is 0 Å². The van der Waals surface area contributed by atoms with Crippen molar-refractivity contribution in [3.05, 3.63) is 78.5 Å². The molecule has 0 fully saturated rings. The molecule has 0 aliphatic heterocycles. The maximum atomic E-state index is 11.8. The SMILES string of the molecule is CC(=O)c1cccc(-c2ccc(N=Nc3cc(S(=O)(=O)O)c4ccccc4c3N)cn2)c1.[NaH]. The summed E-state index contributed by atoms with van der Waals surface area (Å²) >= 11 is 0. The van der Waals surface area contributed by atoms with Gasteiger partial charge >= 0.3 is 29.6 Å². The van der Waals surface area contributed by atoms with E-state index in [-0.39, 0.29) is 51.6 Å². The van der Waals surface area contributed by atoms with E-state index in [0.29, 0.717) is 27.7 Å². The van der Waals surface area contributed by atoms with E-state index in [9.17, 15) is 17.8 Å². The second kappa shape index (κ2) is 9.90. The molecule has 8 nitrogen and oxygen atoms in total. The van der Waals surface area contributed by atoms with Gasteiger partial charge in [-0.05, 0) is 31.2 Å². The van der Waals surface area contributed by atoms with E-state index in [4.69, 9.17) is 5.73 Å². The number of aromatic nitrogens is 1. The third-order valence-corrected chi connectivity index (χ3v) is 5.78. The first-order chi connectivity index (χ1) is 15.2. The fourth-order valence-electron chi connectivity index (χ4n) is 3.27. The Morgan fingerprint density at radius 1 is 0.970 bits per heavy atom. The Bertz CT molecular complexity index is 1490. The number of benzene rings is 3. The van der Waals surface area contributed by atoms with Crippen LogP contribution in [0.5, 0.6) is 0 Å². The van der Waals surface area contributed by atoms with Crippen LogP contribution < -0.4 is 5.73 Å². The molecule has 0 amide bonds. The predicted octanol–water partition coefficient (Wildman–Crippen LogP) is 4.70. The fourth-order valence-corrected chi connectivity index (χ4v) is 3.99. The van der Waals surface area contributed by atoms with E-state index in [1.54, 1.807) is 54.6 Å². The quantitative estimate of drug-likeness (QED) is 0.143. The number of nitrogen functional groups attached to an aromatic ring is 1. The average Bonchev–Trinajstić information content (AvgIpc) is 2.78. The first kappa shape index (κ1) is 24.7. The zero-order valence-electron chi connectivity index (χ0n) is 16.9. The van der Waals surface area contributed by atoms with Gasteiger partial charge in [-0.1, -0.05) is 42.5 Å². The molecule has 0 saturated heterocycles. The number of anilines is 1. The molecule has 3 aromatic carbocycles. The van der Waals surface area contributed by atoms with Gasteiger partial charge < -0.3 is 5.73 Å². The maximum absolute atomic E-state index is 11.8. The third-order valence-electron chi connectivity index (χ3n) is 4.89. The number of carbonyl (C=O) groups excluding carboxylic acids is 1. The number of nitrogens with zero attached hydrogens (tertiary/aromatic N) is 3. The molecule has 162 valence electrons. The van der Waals surface area contributed by atoms with Crippen LogP contribution in [0.2, 0.25) is 0 Å². The van der Waals surface area contributed by atoms with Crippen molar-refractivity contribution in [3.63, 3.8) is 0 Å². The zero-order valence-corrected chi connectivity index (χ0v) is 17.7.